The van der Waals surface area contributed by atoms with Crippen LogP contribution in [0.25, 0.3) is 10.9 Å². The molecule has 3 rings (SSSR count). The molecule has 2 aromatic rings. The van der Waals surface area contributed by atoms with Gasteiger partial charge in [0.25, 0.3) is 5.56 Å². The minimum Gasteiger partial charge on any atom is -0.466 e. The van der Waals surface area contributed by atoms with E-state index in [2.05, 4.69) is 4.98 Å². The number of aryl methyl sites for hydroxylation is 1. The average molecular weight is 359 g/mol. The number of hydrogen-bond acceptors (Lipinski definition) is 8. The van der Waals surface area contributed by atoms with Gasteiger partial charge in [0, 0.05) is 12.7 Å². The van der Waals surface area contributed by atoms with Crippen LogP contribution in [0.3, 0.4) is 0 Å². The summed E-state index contributed by atoms with van der Waals surface area (Å²) in [5.74, 6) is -1.39. The zero-order valence-corrected chi connectivity index (χ0v) is 14.5. The Morgan fingerprint density at radius 2 is 1.92 bits per heavy atom. The number of ether oxygens (including phenoxy) is 3. The number of anilines is 1. The summed E-state index contributed by atoms with van der Waals surface area (Å²) in [7, 11) is 4.03. The molecule has 2 heterocycles. The largest absolute Gasteiger partial charge is 0.466 e. The van der Waals surface area contributed by atoms with Crippen LogP contribution in [0.2, 0.25) is 0 Å². The van der Waals surface area contributed by atoms with Gasteiger partial charge in [0.2, 0.25) is 0 Å². The van der Waals surface area contributed by atoms with Gasteiger partial charge < -0.3 is 23.7 Å². The van der Waals surface area contributed by atoms with Crippen molar-refractivity contribution in [2.24, 2.45) is 7.05 Å². The van der Waals surface area contributed by atoms with Gasteiger partial charge in [-0.2, -0.15) is 0 Å². The molecule has 9 nitrogen and oxygen atoms in total. The third-order valence-corrected chi connectivity index (χ3v) is 4.05. The van der Waals surface area contributed by atoms with E-state index in [1.165, 1.54) is 30.0 Å². The fourth-order valence-electron chi connectivity index (χ4n) is 2.71. The van der Waals surface area contributed by atoms with Crippen molar-refractivity contribution in [3.63, 3.8) is 0 Å². The number of nitrogens with zero attached hydrogens (tertiary/aromatic N) is 3. The lowest BCUT2D eigenvalue weighted by molar-refractivity contribution is -0.140. The number of hydrogen-bond donors (Lipinski definition) is 0. The second-order valence-electron chi connectivity index (χ2n) is 5.58. The lowest BCUT2D eigenvalue weighted by Gasteiger charge is -2.31. The summed E-state index contributed by atoms with van der Waals surface area (Å²) in [6, 6.07) is 4.94. The van der Waals surface area contributed by atoms with Gasteiger partial charge in [-0.15, -0.1) is 0 Å². The van der Waals surface area contributed by atoms with Crippen LogP contribution in [-0.4, -0.2) is 49.0 Å². The molecule has 0 saturated heterocycles. The van der Waals surface area contributed by atoms with Gasteiger partial charge in [0.15, 0.2) is 0 Å². The van der Waals surface area contributed by atoms with Crippen LogP contribution < -0.4 is 10.5 Å². The number of esters is 2. The van der Waals surface area contributed by atoms with Crippen LogP contribution in [0.4, 0.5) is 5.69 Å². The molecule has 9 heteroatoms. The number of carbonyl (C=O) groups excluding carboxylic acids is 2. The maximum Gasteiger partial charge on any atom is 0.355 e. The Kier molecular flexibility index (Phi) is 4.72. The van der Waals surface area contributed by atoms with Gasteiger partial charge in [-0.05, 0) is 18.2 Å². The summed E-state index contributed by atoms with van der Waals surface area (Å²) in [6.45, 7) is -0.0679. The summed E-state index contributed by atoms with van der Waals surface area (Å²) in [4.78, 5) is 42.3. The predicted octanol–water partition coefficient (Wildman–Crippen LogP) is 0.328. The van der Waals surface area contributed by atoms with Crippen molar-refractivity contribution in [3.05, 3.63) is 46.2 Å². The van der Waals surface area contributed by atoms with E-state index >= 15 is 0 Å². The second-order valence-corrected chi connectivity index (χ2v) is 5.58. The number of rotatable bonds is 3. The second kappa shape index (κ2) is 6.96. The fraction of sp³-hybridized carbons (Fsp3) is 0.294. The third-order valence-electron chi connectivity index (χ3n) is 4.05. The van der Waals surface area contributed by atoms with Crippen LogP contribution in [-0.2, 0) is 30.8 Å². The molecular weight excluding hydrogens is 342 g/mol. The van der Waals surface area contributed by atoms with Gasteiger partial charge in [-0.1, -0.05) is 0 Å². The minimum absolute atomic E-state index is 0.0109. The van der Waals surface area contributed by atoms with Crippen molar-refractivity contribution in [1.29, 1.82) is 0 Å². The smallest absolute Gasteiger partial charge is 0.355 e. The Balaban J connectivity index is 2.19. The first-order valence-corrected chi connectivity index (χ1v) is 7.68. The van der Waals surface area contributed by atoms with E-state index in [1.807, 2.05) is 0 Å². The lowest BCUT2D eigenvalue weighted by Crippen LogP contribution is -2.38. The highest BCUT2D eigenvalue weighted by Crippen LogP contribution is 2.28. The Bertz CT molecular complexity index is 978. The highest BCUT2D eigenvalue weighted by Gasteiger charge is 2.32. The van der Waals surface area contributed by atoms with Gasteiger partial charge >= 0.3 is 11.9 Å². The molecule has 1 aliphatic heterocycles. The fourth-order valence-corrected chi connectivity index (χ4v) is 2.71. The molecule has 0 aliphatic carbocycles. The number of fused-ring (bicyclic) bond motifs is 1. The van der Waals surface area contributed by atoms with E-state index in [4.69, 9.17) is 14.2 Å². The van der Waals surface area contributed by atoms with Crippen molar-refractivity contribution in [2.45, 2.75) is 0 Å². The van der Waals surface area contributed by atoms with Gasteiger partial charge in [-0.3, -0.25) is 4.79 Å². The Hall–Kier alpha value is -3.20. The first kappa shape index (κ1) is 17.6. The molecule has 0 radical (unpaired) electrons. The highest BCUT2D eigenvalue weighted by atomic mass is 16.5. The summed E-state index contributed by atoms with van der Waals surface area (Å²) < 4.78 is 16.3. The molecule has 1 aromatic heterocycles. The van der Waals surface area contributed by atoms with Crippen molar-refractivity contribution in [1.82, 2.24) is 9.55 Å². The van der Waals surface area contributed by atoms with Crippen LogP contribution in [0.1, 0.15) is 0 Å². The molecule has 1 aromatic carbocycles. The van der Waals surface area contributed by atoms with Gasteiger partial charge in [0.05, 0.1) is 43.6 Å². The number of methoxy groups -OCH3 is 2. The molecule has 0 atom stereocenters. The zero-order chi connectivity index (χ0) is 18.8. The van der Waals surface area contributed by atoms with E-state index < -0.39 is 11.9 Å². The molecule has 0 N–H and O–H groups in total. The van der Waals surface area contributed by atoms with Crippen LogP contribution in [0.5, 0.6) is 0 Å². The Morgan fingerprint density at radius 1 is 1.19 bits per heavy atom. The highest BCUT2D eigenvalue weighted by molar-refractivity contribution is 6.03. The predicted molar refractivity (Wildman–Crippen MR) is 91.3 cm³/mol. The van der Waals surface area contributed by atoms with Crippen LogP contribution in [0, 0.1) is 0 Å². The van der Waals surface area contributed by atoms with Gasteiger partial charge in [-0.25, -0.2) is 14.6 Å². The van der Waals surface area contributed by atoms with Gasteiger partial charge in [0.1, 0.15) is 12.4 Å². The summed E-state index contributed by atoms with van der Waals surface area (Å²) in [5, 5.41) is 0.377. The Morgan fingerprint density at radius 3 is 2.62 bits per heavy atom. The summed E-state index contributed by atoms with van der Waals surface area (Å²) >= 11 is 0. The lowest BCUT2D eigenvalue weighted by atomic mass is 10.1. The summed E-state index contributed by atoms with van der Waals surface area (Å²) in [6.07, 6.45) is 1.43. The minimum atomic E-state index is -0.701. The van der Waals surface area contributed by atoms with Crippen molar-refractivity contribution >= 4 is 28.5 Å². The molecule has 136 valence electrons. The van der Waals surface area contributed by atoms with Crippen molar-refractivity contribution < 1.29 is 23.8 Å². The molecule has 0 amide bonds. The van der Waals surface area contributed by atoms with Crippen LogP contribution in [0.15, 0.2) is 40.6 Å². The maximum absolute atomic E-state index is 12.3. The van der Waals surface area contributed by atoms with E-state index in [1.54, 1.807) is 25.2 Å². The Labute approximate surface area is 148 Å². The van der Waals surface area contributed by atoms with E-state index in [-0.39, 0.29) is 30.2 Å². The zero-order valence-electron chi connectivity index (χ0n) is 14.5. The van der Waals surface area contributed by atoms with E-state index in [0.29, 0.717) is 16.6 Å². The molecule has 0 fully saturated rings. The topological polar surface area (TPSA) is 100.0 Å². The average Bonchev–Trinajstić information content (AvgIpc) is 2.68. The maximum atomic E-state index is 12.3. The first-order chi connectivity index (χ1) is 12.5. The molecule has 0 saturated carbocycles. The SMILES string of the molecule is COC(=O)C1=C(C(=O)OC)N(c2ccc3ncn(C)c(=O)c3c2)COC1. The summed E-state index contributed by atoms with van der Waals surface area (Å²) in [5.41, 5.74) is 0.845. The number of benzene rings is 1. The van der Waals surface area contributed by atoms with E-state index in [0.717, 1.165) is 0 Å². The first-order valence-electron chi connectivity index (χ1n) is 7.68. The molecular formula is C17H17N3O6. The molecule has 0 spiro atoms. The quantitative estimate of drug-likeness (QED) is 0.723. The third kappa shape index (κ3) is 2.93. The molecule has 0 bridgehead atoms. The van der Waals surface area contributed by atoms with E-state index in [9.17, 15) is 14.4 Å². The standard InChI is InChI=1S/C17H17N3O6/c1-19-8-18-13-5-4-10(6-11(13)15(19)21)20-9-26-7-12(16(22)24-2)14(20)17(23)25-3/h4-6,8H,7,9H2,1-3H3. The molecule has 0 unspecified atom stereocenters. The van der Waals surface area contributed by atoms with Crippen molar-refractivity contribution in [3.8, 4) is 0 Å². The number of carbonyl (C=O) groups is 2. The monoisotopic (exact) mass is 359 g/mol. The normalized spacial score (nSPS) is 14.5. The molecule has 26 heavy (non-hydrogen) atoms. The molecule has 1 aliphatic rings. The number of aromatic nitrogens is 2. The van der Waals surface area contributed by atoms with Crippen molar-refractivity contribution in [2.75, 3.05) is 32.5 Å². The van der Waals surface area contributed by atoms with Crippen LogP contribution >= 0.6 is 0 Å².